The van der Waals surface area contributed by atoms with Crippen molar-refractivity contribution < 1.29 is 9.59 Å². The van der Waals surface area contributed by atoms with Crippen LogP contribution in [0.4, 0.5) is 0 Å². The average Bonchev–Trinajstić information content (AvgIpc) is 3.32. The van der Waals surface area contributed by atoms with E-state index in [4.69, 9.17) is 0 Å². The average molecular weight is 386 g/mol. The van der Waals surface area contributed by atoms with Crippen LogP contribution in [0.3, 0.4) is 0 Å². The largest absolute Gasteiger partial charge is 0.350 e. The molecule has 0 fully saturated rings. The van der Waals surface area contributed by atoms with Crippen LogP contribution in [0, 0.1) is 0 Å². The summed E-state index contributed by atoms with van der Waals surface area (Å²) in [6, 6.07) is 13.9. The van der Waals surface area contributed by atoms with Crippen LogP contribution in [0.15, 0.2) is 53.2 Å². The molecule has 0 atom stereocenters. The summed E-state index contributed by atoms with van der Waals surface area (Å²) in [4.78, 5) is 31.4. The first-order valence-electron chi connectivity index (χ1n) is 8.14. The Balaban J connectivity index is 1.52. The van der Waals surface area contributed by atoms with Gasteiger partial charge in [-0.1, -0.05) is 36.4 Å². The van der Waals surface area contributed by atoms with Gasteiger partial charge >= 0.3 is 0 Å². The summed E-state index contributed by atoms with van der Waals surface area (Å²) in [5.74, 6) is -0.430. The highest BCUT2D eigenvalue weighted by Crippen LogP contribution is 2.16. The SMILES string of the molecule is CN(CC(=O)NCc1cccs1)C(=O)c1csc(Cc2ccccc2)n1. The van der Waals surface area contributed by atoms with E-state index in [-0.39, 0.29) is 18.4 Å². The van der Waals surface area contributed by atoms with Crippen LogP contribution in [0.25, 0.3) is 0 Å². The summed E-state index contributed by atoms with van der Waals surface area (Å²) >= 11 is 3.05. The van der Waals surface area contributed by atoms with Gasteiger partial charge in [-0.2, -0.15) is 0 Å². The second-order valence-electron chi connectivity index (χ2n) is 5.81. The van der Waals surface area contributed by atoms with Crippen LogP contribution in [0.5, 0.6) is 0 Å². The Hall–Kier alpha value is -2.51. The Morgan fingerprint density at radius 1 is 1.12 bits per heavy atom. The van der Waals surface area contributed by atoms with E-state index in [1.807, 2.05) is 47.8 Å². The number of thiophene rings is 1. The third kappa shape index (κ3) is 5.00. The fraction of sp³-hybridized carbons (Fsp3) is 0.211. The molecule has 0 spiro atoms. The summed E-state index contributed by atoms with van der Waals surface area (Å²) < 4.78 is 0. The lowest BCUT2D eigenvalue weighted by molar-refractivity contribution is -0.121. The molecule has 3 aromatic rings. The zero-order chi connectivity index (χ0) is 18.4. The van der Waals surface area contributed by atoms with Gasteiger partial charge in [-0.3, -0.25) is 9.59 Å². The molecule has 7 heteroatoms. The Labute approximate surface area is 160 Å². The van der Waals surface area contributed by atoms with E-state index in [1.54, 1.807) is 23.8 Å². The standard InChI is InChI=1S/C19H19N3O2S2/c1-22(12-17(23)20-11-15-8-5-9-25-15)19(24)16-13-26-18(21-16)10-14-6-3-2-4-7-14/h2-9,13H,10-12H2,1H3,(H,20,23). The zero-order valence-corrected chi connectivity index (χ0v) is 16.0. The molecule has 2 heterocycles. The van der Waals surface area contributed by atoms with Crippen molar-refractivity contribution in [2.45, 2.75) is 13.0 Å². The van der Waals surface area contributed by atoms with Gasteiger partial charge in [0.1, 0.15) is 5.69 Å². The molecule has 0 saturated heterocycles. The minimum absolute atomic E-state index is 0.00968. The molecule has 5 nitrogen and oxygen atoms in total. The van der Waals surface area contributed by atoms with Gasteiger partial charge in [-0.05, 0) is 17.0 Å². The molecule has 0 bridgehead atoms. The molecule has 2 amide bonds. The molecule has 0 aliphatic carbocycles. The molecule has 0 aliphatic rings. The number of benzene rings is 1. The number of amides is 2. The maximum absolute atomic E-state index is 12.5. The highest BCUT2D eigenvalue weighted by molar-refractivity contribution is 7.10. The maximum Gasteiger partial charge on any atom is 0.273 e. The lowest BCUT2D eigenvalue weighted by Gasteiger charge is -2.15. The topological polar surface area (TPSA) is 62.3 Å². The fourth-order valence-corrected chi connectivity index (χ4v) is 3.85. The number of carbonyl (C=O) groups excluding carboxylic acids is 2. The summed E-state index contributed by atoms with van der Waals surface area (Å²) in [5.41, 5.74) is 1.54. The van der Waals surface area contributed by atoms with Crippen LogP contribution in [-0.2, 0) is 17.8 Å². The van der Waals surface area contributed by atoms with Gasteiger partial charge in [0, 0.05) is 23.7 Å². The Bertz CT molecular complexity index is 860. The first-order chi connectivity index (χ1) is 12.6. The second-order valence-corrected chi connectivity index (χ2v) is 7.78. The normalized spacial score (nSPS) is 10.5. The first-order valence-corrected chi connectivity index (χ1v) is 9.90. The summed E-state index contributed by atoms with van der Waals surface area (Å²) in [6.45, 7) is 0.492. The van der Waals surface area contributed by atoms with Gasteiger partial charge < -0.3 is 10.2 Å². The molecule has 26 heavy (non-hydrogen) atoms. The highest BCUT2D eigenvalue weighted by Gasteiger charge is 2.18. The third-order valence-corrected chi connectivity index (χ3v) is 5.46. The molecular weight excluding hydrogens is 366 g/mol. The maximum atomic E-state index is 12.5. The molecule has 0 saturated carbocycles. The summed E-state index contributed by atoms with van der Waals surface area (Å²) in [7, 11) is 1.61. The quantitative estimate of drug-likeness (QED) is 0.679. The molecule has 0 aliphatic heterocycles. The molecular formula is C19H19N3O2S2. The van der Waals surface area contributed by atoms with Gasteiger partial charge in [0.05, 0.1) is 18.1 Å². The van der Waals surface area contributed by atoms with Gasteiger partial charge in [-0.25, -0.2) is 4.98 Å². The molecule has 3 rings (SSSR count). The van der Waals surface area contributed by atoms with Crippen molar-refractivity contribution in [3.63, 3.8) is 0 Å². The van der Waals surface area contributed by atoms with E-state index in [1.165, 1.54) is 16.2 Å². The van der Waals surface area contributed by atoms with E-state index < -0.39 is 0 Å². The lowest BCUT2D eigenvalue weighted by atomic mass is 10.2. The smallest absolute Gasteiger partial charge is 0.273 e. The molecule has 0 radical (unpaired) electrons. The predicted molar refractivity (Wildman–Crippen MR) is 104 cm³/mol. The van der Waals surface area contributed by atoms with Gasteiger partial charge in [0.25, 0.3) is 5.91 Å². The molecule has 0 unspecified atom stereocenters. The van der Waals surface area contributed by atoms with Crippen molar-refractivity contribution in [3.05, 3.63) is 74.4 Å². The van der Waals surface area contributed by atoms with Crippen molar-refractivity contribution in [1.82, 2.24) is 15.2 Å². The van der Waals surface area contributed by atoms with E-state index >= 15 is 0 Å². The van der Waals surface area contributed by atoms with Gasteiger partial charge in [0.2, 0.25) is 5.91 Å². The zero-order valence-electron chi connectivity index (χ0n) is 14.3. The number of thiazole rings is 1. The van der Waals surface area contributed by atoms with E-state index in [0.29, 0.717) is 18.7 Å². The molecule has 134 valence electrons. The lowest BCUT2D eigenvalue weighted by Crippen LogP contribution is -2.38. The van der Waals surface area contributed by atoms with Crippen LogP contribution in [0.2, 0.25) is 0 Å². The number of nitrogens with one attached hydrogen (secondary N) is 1. The fourth-order valence-electron chi connectivity index (χ4n) is 2.40. The van der Waals surface area contributed by atoms with Crippen LogP contribution < -0.4 is 5.32 Å². The van der Waals surface area contributed by atoms with Crippen LogP contribution >= 0.6 is 22.7 Å². The highest BCUT2D eigenvalue weighted by atomic mass is 32.1. The van der Waals surface area contributed by atoms with Crippen molar-refractivity contribution in [2.24, 2.45) is 0 Å². The van der Waals surface area contributed by atoms with Crippen molar-refractivity contribution >= 4 is 34.5 Å². The molecule has 1 N–H and O–H groups in total. The monoisotopic (exact) mass is 385 g/mol. The number of aromatic nitrogens is 1. The summed E-state index contributed by atoms with van der Waals surface area (Å²) in [5, 5.41) is 7.42. The third-order valence-electron chi connectivity index (χ3n) is 3.74. The van der Waals surface area contributed by atoms with Crippen molar-refractivity contribution in [2.75, 3.05) is 13.6 Å². The summed E-state index contributed by atoms with van der Waals surface area (Å²) in [6.07, 6.45) is 0.698. The van der Waals surface area contributed by atoms with Gasteiger partial charge in [-0.15, -0.1) is 22.7 Å². The van der Waals surface area contributed by atoms with Crippen molar-refractivity contribution in [3.8, 4) is 0 Å². The Morgan fingerprint density at radius 2 is 1.92 bits per heavy atom. The van der Waals surface area contributed by atoms with E-state index in [2.05, 4.69) is 10.3 Å². The Kier molecular flexibility index (Phi) is 6.14. The van der Waals surface area contributed by atoms with Crippen LogP contribution in [0.1, 0.15) is 25.9 Å². The number of rotatable bonds is 7. The number of carbonyl (C=O) groups is 2. The minimum Gasteiger partial charge on any atom is -0.350 e. The second kappa shape index (κ2) is 8.73. The molecule has 2 aromatic heterocycles. The van der Waals surface area contributed by atoms with Gasteiger partial charge in [0.15, 0.2) is 0 Å². The van der Waals surface area contributed by atoms with Crippen molar-refractivity contribution in [1.29, 1.82) is 0 Å². The first kappa shape index (κ1) is 18.3. The van der Waals surface area contributed by atoms with E-state index in [9.17, 15) is 9.59 Å². The predicted octanol–water partition coefficient (Wildman–Crippen LogP) is 3.18. The van der Waals surface area contributed by atoms with E-state index in [0.717, 1.165) is 15.4 Å². The minimum atomic E-state index is -0.244. The Morgan fingerprint density at radius 3 is 2.65 bits per heavy atom. The number of hydrogen-bond acceptors (Lipinski definition) is 5. The number of likely N-dealkylation sites (N-methyl/N-ethyl adjacent to an activating group) is 1. The number of nitrogens with zero attached hydrogens (tertiary/aromatic N) is 2. The number of hydrogen-bond donors (Lipinski definition) is 1. The van der Waals surface area contributed by atoms with Crippen LogP contribution in [-0.4, -0.2) is 35.3 Å². The molecule has 1 aromatic carbocycles.